The first-order chi connectivity index (χ1) is 8.06. The molecule has 0 fully saturated rings. The van der Waals surface area contributed by atoms with E-state index in [-0.39, 0.29) is 5.75 Å². The summed E-state index contributed by atoms with van der Waals surface area (Å²) in [4.78, 5) is 4.15. The number of nitrogens with one attached hydrogen (secondary N) is 2. The van der Waals surface area contributed by atoms with E-state index in [1.54, 1.807) is 18.2 Å². The Kier molecular flexibility index (Phi) is 3.06. The molecule has 17 heavy (non-hydrogen) atoms. The highest BCUT2D eigenvalue weighted by Crippen LogP contribution is 2.23. The summed E-state index contributed by atoms with van der Waals surface area (Å²) in [5.74, 6) is 0.851. The molecule has 0 saturated carbocycles. The molecule has 88 valence electrons. The third kappa shape index (κ3) is 2.59. The molecule has 0 aliphatic heterocycles. The number of rotatable bonds is 2. The maximum absolute atomic E-state index is 9.32. The molecule has 3 N–H and O–H groups in total. The summed E-state index contributed by atoms with van der Waals surface area (Å²) < 4.78 is 0.328. The van der Waals surface area contributed by atoms with E-state index in [1.807, 2.05) is 13.8 Å². The van der Waals surface area contributed by atoms with Gasteiger partial charge in [0.15, 0.2) is 5.82 Å². The van der Waals surface area contributed by atoms with E-state index >= 15 is 0 Å². The number of aryl methyl sites for hydroxylation is 2. The predicted octanol–water partition coefficient (Wildman–Crippen LogP) is 2.60. The summed E-state index contributed by atoms with van der Waals surface area (Å²) in [6, 6.07) is 5.07. The van der Waals surface area contributed by atoms with Crippen molar-refractivity contribution >= 4 is 23.7 Å². The lowest BCUT2D eigenvalue weighted by molar-refractivity contribution is 0.475. The van der Waals surface area contributed by atoms with Gasteiger partial charge in [-0.15, -0.1) is 0 Å². The molecule has 1 aromatic carbocycles. The molecule has 0 aliphatic carbocycles. The van der Waals surface area contributed by atoms with E-state index in [1.165, 1.54) is 0 Å². The molecule has 6 heteroatoms. The van der Waals surface area contributed by atoms with Crippen LogP contribution in [0.1, 0.15) is 11.3 Å². The topological polar surface area (TPSA) is 73.8 Å². The van der Waals surface area contributed by atoms with E-state index in [4.69, 9.17) is 12.2 Å². The van der Waals surface area contributed by atoms with Gasteiger partial charge in [-0.2, -0.15) is 10.1 Å². The van der Waals surface area contributed by atoms with Gasteiger partial charge in [0.2, 0.25) is 4.77 Å². The number of hydrogen-bond acceptors (Lipinski definition) is 5. The van der Waals surface area contributed by atoms with E-state index < -0.39 is 0 Å². The molecule has 0 amide bonds. The minimum absolute atomic E-state index is 0.237. The van der Waals surface area contributed by atoms with Crippen molar-refractivity contribution in [2.45, 2.75) is 13.8 Å². The van der Waals surface area contributed by atoms with Crippen molar-refractivity contribution in [2.24, 2.45) is 0 Å². The van der Waals surface area contributed by atoms with Crippen LogP contribution in [0.5, 0.6) is 5.75 Å². The van der Waals surface area contributed by atoms with Crippen molar-refractivity contribution in [3.05, 3.63) is 34.2 Å². The molecule has 0 unspecified atom stereocenters. The van der Waals surface area contributed by atoms with Crippen LogP contribution in [0.25, 0.3) is 0 Å². The first-order valence-electron chi connectivity index (χ1n) is 5.06. The van der Waals surface area contributed by atoms with Crippen molar-refractivity contribution in [1.29, 1.82) is 0 Å². The molecule has 1 heterocycles. The number of aromatic nitrogens is 3. The average Bonchev–Trinajstić information content (AvgIpc) is 2.27. The smallest absolute Gasteiger partial charge is 0.215 e. The lowest BCUT2D eigenvalue weighted by Gasteiger charge is -2.10. The van der Waals surface area contributed by atoms with Crippen LogP contribution >= 0.6 is 12.2 Å². The molecular weight excluding hydrogens is 236 g/mol. The highest BCUT2D eigenvalue weighted by atomic mass is 32.1. The number of H-pyrrole nitrogens is 1. The molecule has 5 nitrogen and oxygen atoms in total. The van der Waals surface area contributed by atoms with E-state index in [2.05, 4.69) is 20.5 Å². The van der Waals surface area contributed by atoms with E-state index in [0.29, 0.717) is 10.6 Å². The van der Waals surface area contributed by atoms with Crippen LogP contribution in [-0.4, -0.2) is 20.3 Å². The van der Waals surface area contributed by atoms with E-state index in [0.717, 1.165) is 16.9 Å². The third-order valence-electron chi connectivity index (χ3n) is 2.34. The van der Waals surface area contributed by atoms with Crippen LogP contribution in [-0.2, 0) is 0 Å². The minimum Gasteiger partial charge on any atom is -0.508 e. The Bertz CT molecular complexity index is 609. The number of aromatic amines is 1. The van der Waals surface area contributed by atoms with Crippen LogP contribution in [0.15, 0.2) is 18.2 Å². The second kappa shape index (κ2) is 4.50. The summed E-state index contributed by atoms with van der Waals surface area (Å²) >= 11 is 4.92. The van der Waals surface area contributed by atoms with Crippen LogP contribution < -0.4 is 5.32 Å². The highest BCUT2D eigenvalue weighted by Gasteiger charge is 2.04. The summed E-state index contributed by atoms with van der Waals surface area (Å²) in [7, 11) is 0. The summed E-state index contributed by atoms with van der Waals surface area (Å²) in [6.07, 6.45) is 0. The normalized spacial score (nSPS) is 10.2. The predicted molar refractivity (Wildman–Crippen MR) is 68.1 cm³/mol. The molecule has 2 aromatic rings. The summed E-state index contributed by atoms with van der Waals surface area (Å²) in [5, 5.41) is 19.1. The Hall–Kier alpha value is -1.95. The Morgan fingerprint density at radius 1 is 1.35 bits per heavy atom. The Morgan fingerprint density at radius 2 is 2.12 bits per heavy atom. The summed E-state index contributed by atoms with van der Waals surface area (Å²) in [6.45, 7) is 3.73. The maximum Gasteiger partial charge on any atom is 0.215 e. The SMILES string of the molecule is Cc1cc(O)ccc1Nc1nc(=S)[nH]nc1C. The Morgan fingerprint density at radius 3 is 2.82 bits per heavy atom. The van der Waals surface area contributed by atoms with Crippen LogP contribution in [0.4, 0.5) is 11.5 Å². The van der Waals surface area contributed by atoms with Crippen LogP contribution in [0.3, 0.4) is 0 Å². The van der Waals surface area contributed by atoms with Gasteiger partial charge in [0.05, 0.1) is 0 Å². The molecule has 2 rings (SSSR count). The number of hydrogen-bond donors (Lipinski definition) is 3. The first kappa shape index (κ1) is 11.5. The zero-order chi connectivity index (χ0) is 12.4. The first-order valence-corrected chi connectivity index (χ1v) is 5.47. The number of phenolic OH excluding ortho intramolecular Hbond substituents is 1. The van der Waals surface area contributed by atoms with Crippen molar-refractivity contribution < 1.29 is 5.11 Å². The third-order valence-corrected chi connectivity index (χ3v) is 2.52. The molecule has 0 radical (unpaired) electrons. The standard InChI is InChI=1S/C11H12N4OS/c1-6-5-8(16)3-4-9(6)12-10-7(2)14-15-11(17)13-10/h3-5,16H,1-2H3,(H2,12,13,15,17). The van der Waals surface area contributed by atoms with Crippen molar-refractivity contribution in [1.82, 2.24) is 15.2 Å². The fraction of sp³-hybridized carbons (Fsp3) is 0.182. The highest BCUT2D eigenvalue weighted by molar-refractivity contribution is 7.71. The Labute approximate surface area is 104 Å². The van der Waals surface area contributed by atoms with Gasteiger partial charge in [-0.3, -0.25) is 5.10 Å². The summed E-state index contributed by atoms with van der Waals surface area (Å²) in [5.41, 5.74) is 2.51. The van der Waals surface area contributed by atoms with Gasteiger partial charge >= 0.3 is 0 Å². The molecule has 1 aromatic heterocycles. The molecular formula is C11H12N4OS. The van der Waals surface area contributed by atoms with Gasteiger partial charge in [-0.1, -0.05) is 0 Å². The number of nitrogens with zero attached hydrogens (tertiary/aromatic N) is 2. The quantitative estimate of drug-likeness (QED) is 0.562. The van der Waals surface area contributed by atoms with Crippen molar-refractivity contribution in [3.63, 3.8) is 0 Å². The van der Waals surface area contributed by atoms with Gasteiger partial charge in [0, 0.05) is 5.69 Å². The monoisotopic (exact) mass is 248 g/mol. The van der Waals surface area contributed by atoms with Crippen molar-refractivity contribution in [3.8, 4) is 5.75 Å². The number of phenols is 1. The van der Waals surface area contributed by atoms with Crippen LogP contribution in [0, 0.1) is 18.6 Å². The van der Waals surface area contributed by atoms with Gasteiger partial charge in [0.1, 0.15) is 11.4 Å². The number of anilines is 2. The lowest BCUT2D eigenvalue weighted by Crippen LogP contribution is -2.01. The average molecular weight is 248 g/mol. The molecule has 0 saturated heterocycles. The van der Waals surface area contributed by atoms with Crippen molar-refractivity contribution in [2.75, 3.05) is 5.32 Å². The fourth-order valence-electron chi connectivity index (χ4n) is 1.43. The van der Waals surface area contributed by atoms with Gasteiger partial charge in [-0.05, 0) is 49.8 Å². The van der Waals surface area contributed by atoms with Gasteiger partial charge < -0.3 is 10.4 Å². The van der Waals surface area contributed by atoms with Gasteiger partial charge in [-0.25, -0.2) is 0 Å². The van der Waals surface area contributed by atoms with Crippen LogP contribution in [0.2, 0.25) is 0 Å². The second-order valence-corrected chi connectivity index (χ2v) is 4.09. The number of aromatic hydroxyl groups is 1. The zero-order valence-corrected chi connectivity index (χ0v) is 10.3. The Balaban J connectivity index is 2.37. The lowest BCUT2D eigenvalue weighted by atomic mass is 10.2. The number of benzene rings is 1. The molecule has 0 aliphatic rings. The largest absolute Gasteiger partial charge is 0.508 e. The van der Waals surface area contributed by atoms with E-state index in [9.17, 15) is 5.11 Å². The molecule has 0 bridgehead atoms. The zero-order valence-electron chi connectivity index (χ0n) is 9.48. The molecule has 0 spiro atoms. The minimum atomic E-state index is 0.237. The maximum atomic E-state index is 9.32. The fourth-order valence-corrected chi connectivity index (χ4v) is 1.56. The second-order valence-electron chi connectivity index (χ2n) is 3.70. The molecule has 0 atom stereocenters. The van der Waals surface area contributed by atoms with Gasteiger partial charge in [0.25, 0.3) is 0 Å².